The first kappa shape index (κ1) is 28.9. The average molecular weight is 550 g/mol. The maximum Gasteiger partial charge on any atom is 0.318 e. The van der Waals surface area contributed by atoms with Gasteiger partial charge in [-0.3, -0.25) is 15.1 Å². The smallest absolute Gasteiger partial charge is 0.318 e. The Kier molecular flexibility index (Phi) is 9.69. The van der Waals surface area contributed by atoms with Crippen LogP contribution in [0.3, 0.4) is 0 Å². The lowest BCUT2D eigenvalue weighted by molar-refractivity contribution is -0.132. The fraction of sp³-hybridized carbons (Fsp3) is 0.727. The first-order valence-electron chi connectivity index (χ1n) is 16.3. The molecule has 4 fully saturated rings. The van der Waals surface area contributed by atoms with Gasteiger partial charge in [0.15, 0.2) is 5.96 Å². The molecule has 7 heteroatoms. The Morgan fingerprint density at radius 3 is 2.15 bits per heavy atom. The highest BCUT2D eigenvalue weighted by Gasteiger charge is 2.50. The molecule has 5 rings (SSSR count). The Labute approximate surface area is 241 Å². The molecule has 0 aromatic heterocycles. The minimum absolute atomic E-state index is 0.0231. The lowest BCUT2D eigenvalue weighted by Crippen LogP contribution is -2.49. The normalized spacial score (nSPS) is 26.4. The van der Waals surface area contributed by atoms with E-state index in [2.05, 4.69) is 41.8 Å². The predicted molar refractivity (Wildman–Crippen MR) is 160 cm³/mol. The van der Waals surface area contributed by atoms with E-state index in [1.807, 2.05) is 4.90 Å². The largest absolute Gasteiger partial charge is 0.342 e. The molecule has 1 aromatic carbocycles. The zero-order valence-corrected chi connectivity index (χ0v) is 24.7. The highest BCUT2D eigenvalue weighted by molar-refractivity contribution is 6.07. The second-order valence-corrected chi connectivity index (χ2v) is 13.2. The van der Waals surface area contributed by atoms with Gasteiger partial charge in [-0.15, -0.1) is 0 Å². The number of amides is 3. The zero-order chi connectivity index (χ0) is 28.0. The third kappa shape index (κ3) is 7.01. The second kappa shape index (κ2) is 13.4. The van der Waals surface area contributed by atoms with E-state index in [-0.39, 0.29) is 23.9 Å². The van der Waals surface area contributed by atoms with E-state index in [1.165, 1.54) is 64.2 Å². The Balaban J connectivity index is 1.22. The topological polar surface area (TPSA) is 88.5 Å². The molecule has 2 heterocycles. The standard InChI is InChI=1S/C33H51N5O2/c1-2-3-14-29-24-37(32(40)35-29)22-27-15-17-28(18-16-27)23-38-30(39)33(36-31(38)34,21-26-12-8-5-9-13-26)20-19-25-10-6-4-7-11-25/h15-18,25-26,29H,2-14,19-24H2,1H3,(H2,34,36)(H,35,40)/t29-,33+/m0/s1. The van der Waals surface area contributed by atoms with Crippen LogP contribution in [0.4, 0.5) is 4.79 Å². The van der Waals surface area contributed by atoms with Crippen molar-refractivity contribution < 1.29 is 9.59 Å². The van der Waals surface area contributed by atoms with Crippen LogP contribution >= 0.6 is 0 Å². The van der Waals surface area contributed by atoms with Crippen LogP contribution in [-0.2, 0) is 17.9 Å². The molecular formula is C33H51N5O2. The summed E-state index contributed by atoms with van der Waals surface area (Å²) in [6, 6.07) is 8.52. The van der Waals surface area contributed by atoms with Crippen LogP contribution in [0.2, 0.25) is 0 Å². The number of urea groups is 1. The molecule has 0 unspecified atom stereocenters. The molecular weight excluding hydrogens is 498 g/mol. The zero-order valence-electron chi connectivity index (χ0n) is 24.7. The van der Waals surface area contributed by atoms with Gasteiger partial charge in [-0.1, -0.05) is 108 Å². The predicted octanol–water partition coefficient (Wildman–Crippen LogP) is 6.71. The van der Waals surface area contributed by atoms with Crippen LogP contribution in [0, 0.1) is 17.2 Å². The van der Waals surface area contributed by atoms with Crippen molar-refractivity contribution in [3.8, 4) is 0 Å². The monoisotopic (exact) mass is 549 g/mol. The summed E-state index contributed by atoms with van der Waals surface area (Å²) in [5, 5.41) is 15.4. The van der Waals surface area contributed by atoms with Crippen LogP contribution < -0.4 is 10.6 Å². The number of carbonyl (C=O) groups is 2. The van der Waals surface area contributed by atoms with Gasteiger partial charge in [0.2, 0.25) is 0 Å². The maximum atomic E-state index is 14.1. The van der Waals surface area contributed by atoms with Gasteiger partial charge in [0.25, 0.3) is 5.91 Å². The van der Waals surface area contributed by atoms with E-state index < -0.39 is 5.54 Å². The van der Waals surface area contributed by atoms with Crippen LogP contribution in [0.1, 0.15) is 121 Å². The van der Waals surface area contributed by atoms with Gasteiger partial charge in [0.1, 0.15) is 5.54 Å². The van der Waals surface area contributed by atoms with Crippen molar-refractivity contribution in [2.75, 3.05) is 6.54 Å². The number of benzene rings is 1. The number of guanidine groups is 1. The molecule has 2 saturated heterocycles. The molecule has 2 saturated carbocycles. The fourth-order valence-corrected chi connectivity index (χ4v) is 7.64. The molecule has 3 N–H and O–H groups in total. The number of hydrogen-bond acceptors (Lipinski definition) is 3. The van der Waals surface area contributed by atoms with Crippen molar-refractivity contribution in [1.82, 2.24) is 20.4 Å². The molecule has 2 aliphatic carbocycles. The fourth-order valence-electron chi connectivity index (χ4n) is 7.64. The number of hydrogen-bond donors (Lipinski definition) is 3. The van der Waals surface area contributed by atoms with Crippen LogP contribution in [0.15, 0.2) is 24.3 Å². The Morgan fingerprint density at radius 2 is 1.50 bits per heavy atom. The molecule has 1 aromatic rings. The third-order valence-electron chi connectivity index (χ3n) is 10.0. The molecule has 0 spiro atoms. The van der Waals surface area contributed by atoms with Crippen molar-refractivity contribution in [1.29, 1.82) is 5.41 Å². The number of nitrogens with zero attached hydrogens (tertiary/aromatic N) is 2. The molecule has 2 atom stereocenters. The molecule has 0 bridgehead atoms. The van der Waals surface area contributed by atoms with Crippen molar-refractivity contribution in [3.63, 3.8) is 0 Å². The van der Waals surface area contributed by atoms with E-state index in [4.69, 9.17) is 5.41 Å². The van der Waals surface area contributed by atoms with Crippen molar-refractivity contribution >= 4 is 17.9 Å². The van der Waals surface area contributed by atoms with Crippen molar-refractivity contribution in [3.05, 3.63) is 35.4 Å². The summed E-state index contributed by atoms with van der Waals surface area (Å²) in [6.07, 6.45) is 19.0. The number of rotatable bonds is 12. The minimum atomic E-state index is -0.617. The third-order valence-corrected chi connectivity index (χ3v) is 10.0. The number of carbonyl (C=O) groups excluding carboxylic acids is 2. The van der Waals surface area contributed by atoms with Gasteiger partial charge in [0.05, 0.1) is 6.54 Å². The summed E-state index contributed by atoms with van der Waals surface area (Å²) in [6.45, 7) is 3.96. The lowest BCUT2D eigenvalue weighted by atomic mass is 9.75. The Morgan fingerprint density at radius 1 is 0.875 bits per heavy atom. The van der Waals surface area contributed by atoms with Gasteiger partial charge in [-0.25, -0.2) is 4.79 Å². The van der Waals surface area contributed by atoms with Crippen molar-refractivity contribution in [2.24, 2.45) is 11.8 Å². The summed E-state index contributed by atoms with van der Waals surface area (Å²) in [5.74, 6) is 1.67. The van der Waals surface area contributed by atoms with Gasteiger partial charge in [-0.05, 0) is 48.6 Å². The summed E-state index contributed by atoms with van der Waals surface area (Å²) >= 11 is 0. The van der Waals surface area contributed by atoms with E-state index in [1.54, 1.807) is 4.90 Å². The minimum Gasteiger partial charge on any atom is -0.342 e. The quantitative estimate of drug-likeness (QED) is 0.271. The number of unbranched alkanes of at least 4 members (excludes halogenated alkanes) is 1. The SMILES string of the molecule is CCCC[C@H]1CN(Cc2ccc(CN3C(=N)N[C@](CCC4CCCCC4)(CC4CCCCC4)C3=O)cc2)C(=O)N1. The maximum absolute atomic E-state index is 14.1. The molecule has 220 valence electrons. The Hall–Kier alpha value is -2.57. The molecule has 0 radical (unpaired) electrons. The number of nitrogens with one attached hydrogen (secondary N) is 3. The van der Waals surface area contributed by atoms with Crippen LogP contribution in [0.5, 0.6) is 0 Å². The molecule has 40 heavy (non-hydrogen) atoms. The summed E-state index contributed by atoms with van der Waals surface area (Å²) < 4.78 is 0. The highest BCUT2D eigenvalue weighted by atomic mass is 16.2. The van der Waals surface area contributed by atoms with E-state index in [0.29, 0.717) is 19.0 Å². The second-order valence-electron chi connectivity index (χ2n) is 13.2. The van der Waals surface area contributed by atoms with Crippen LogP contribution in [-0.4, -0.2) is 45.8 Å². The van der Waals surface area contributed by atoms with Gasteiger partial charge < -0.3 is 15.5 Å². The summed E-state index contributed by atoms with van der Waals surface area (Å²) in [5.41, 5.74) is 1.50. The molecule has 2 aliphatic heterocycles. The van der Waals surface area contributed by atoms with Gasteiger partial charge in [0, 0.05) is 19.1 Å². The highest BCUT2D eigenvalue weighted by Crippen LogP contribution is 2.39. The van der Waals surface area contributed by atoms with E-state index in [9.17, 15) is 9.59 Å². The molecule has 7 nitrogen and oxygen atoms in total. The van der Waals surface area contributed by atoms with Gasteiger partial charge in [-0.2, -0.15) is 0 Å². The lowest BCUT2D eigenvalue weighted by Gasteiger charge is -2.34. The van der Waals surface area contributed by atoms with E-state index >= 15 is 0 Å². The van der Waals surface area contributed by atoms with E-state index in [0.717, 1.165) is 62.1 Å². The summed E-state index contributed by atoms with van der Waals surface area (Å²) in [7, 11) is 0. The van der Waals surface area contributed by atoms with Crippen molar-refractivity contribution in [2.45, 2.75) is 134 Å². The van der Waals surface area contributed by atoms with Gasteiger partial charge >= 0.3 is 6.03 Å². The average Bonchev–Trinajstić information content (AvgIpc) is 3.43. The molecule has 4 aliphatic rings. The first-order chi connectivity index (χ1) is 19.5. The summed E-state index contributed by atoms with van der Waals surface area (Å²) in [4.78, 5) is 30.1. The van der Waals surface area contributed by atoms with Crippen LogP contribution in [0.25, 0.3) is 0 Å². The molecule has 3 amide bonds. The Bertz CT molecular complexity index is 1010. The first-order valence-corrected chi connectivity index (χ1v) is 16.3.